The molecule has 4 nitrogen and oxygen atoms in total. The lowest BCUT2D eigenvalue weighted by atomic mass is 9.92. The van der Waals surface area contributed by atoms with E-state index in [4.69, 9.17) is 4.74 Å². The summed E-state index contributed by atoms with van der Waals surface area (Å²) >= 11 is 0. The summed E-state index contributed by atoms with van der Waals surface area (Å²) in [4.78, 5) is 2.21. The van der Waals surface area contributed by atoms with Crippen LogP contribution in [-0.2, 0) is 4.74 Å². The minimum Gasteiger partial charge on any atom is -0.389 e. The summed E-state index contributed by atoms with van der Waals surface area (Å²) in [6, 6.07) is 0.482. The fourth-order valence-corrected chi connectivity index (χ4v) is 2.76. The van der Waals surface area contributed by atoms with Gasteiger partial charge in [0.25, 0.3) is 0 Å². The second kappa shape index (κ2) is 4.78. The van der Waals surface area contributed by atoms with Crippen molar-refractivity contribution in [3.8, 4) is 0 Å². The number of aliphatic hydroxyl groups excluding tert-OH is 2. The van der Waals surface area contributed by atoms with E-state index in [1.807, 2.05) is 0 Å². The Morgan fingerprint density at radius 1 is 1.13 bits per heavy atom. The van der Waals surface area contributed by atoms with E-state index in [2.05, 4.69) is 4.90 Å². The largest absolute Gasteiger partial charge is 0.389 e. The second-order valence-electron chi connectivity index (χ2n) is 4.77. The third-order valence-corrected chi connectivity index (χ3v) is 3.74. The Hall–Kier alpha value is -0.160. The van der Waals surface area contributed by atoms with Crippen LogP contribution < -0.4 is 0 Å². The standard InChI is InChI=1S/C11H21NO3/c1-15-9-4-2-3-8(5-9)12-6-10(13)11(14)7-12/h8-11,13-14H,2-7H2,1H3/t8?,9?,10-,11+. The Kier molecular flexibility index (Phi) is 3.61. The molecule has 88 valence electrons. The molecule has 0 bridgehead atoms. The number of hydrogen-bond donors (Lipinski definition) is 2. The third kappa shape index (κ3) is 2.50. The van der Waals surface area contributed by atoms with Crippen molar-refractivity contribution in [3.63, 3.8) is 0 Å². The van der Waals surface area contributed by atoms with Gasteiger partial charge in [0.05, 0.1) is 18.3 Å². The highest BCUT2D eigenvalue weighted by molar-refractivity contribution is 4.90. The predicted molar refractivity (Wildman–Crippen MR) is 56.6 cm³/mol. The molecule has 0 aromatic rings. The lowest BCUT2D eigenvalue weighted by molar-refractivity contribution is 0.0304. The molecule has 1 heterocycles. The minimum atomic E-state index is -0.562. The van der Waals surface area contributed by atoms with Gasteiger partial charge in [-0.25, -0.2) is 0 Å². The Morgan fingerprint density at radius 3 is 2.40 bits per heavy atom. The zero-order valence-corrected chi connectivity index (χ0v) is 9.30. The molecule has 2 N–H and O–H groups in total. The van der Waals surface area contributed by atoms with Crippen LogP contribution in [0.2, 0.25) is 0 Å². The number of β-amino-alcohol motifs (C(OH)–C–C–N with tert-alkyl or cyclic N) is 2. The average molecular weight is 215 g/mol. The van der Waals surface area contributed by atoms with Crippen LogP contribution in [0.4, 0.5) is 0 Å². The number of hydrogen-bond acceptors (Lipinski definition) is 4. The summed E-state index contributed by atoms with van der Waals surface area (Å²) in [5.74, 6) is 0. The van der Waals surface area contributed by atoms with E-state index < -0.39 is 12.2 Å². The number of aliphatic hydroxyl groups is 2. The van der Waals surface area contributed by atoms with Gasteiger partial charge in [0.1, 0.15) is 0 Å². The highest BCUT2D eigenvalue weighted by Gasteiger charge is 2.35. The van der Waals surface area contributed by atoms with Crippen LogP contribution >= 0.6 is 0 Å². The fourth-order valence-electron chi connectivity index (χ4n) is 2.76. The van der Waals surface area contributed by atoms with Crippen LogP contribution in [0.25, 0.3) is 0 Å². The van der Waals surface area contributed by atoms with Crippen LogP contribution in [-0.4, -0.2) is 59.7 Å². The number of rotatable bonds is 2. The van der Waals surface area contributed by atoms with E-state index in [1.54, 1.807) is 7.11 Å². The maximum Gasteiger partial charge on any atom is 0.0938 e. The van der Waals surface area contributed by atoms with Crippen molar-refractivity contribution in [1.82, 2.24) is 4.90 Å². The number of methoxy groups -OCH3 is 1. The molecule has 1 aliphatic heterocycles. The van der Waals surface area contributed by atoms with Gasteiger partial charge < -0.3 is 14.9 Å². The Balaban J connectivity index is 1.88. The molecule has 1 aliphatic carbocycles. The first-order valence-corrected chi connectivity index (χ1v) is 5.83. The SMILES string of the molecule is COC1CCCC(N2C[C@@H](O)[C@@H](O)C2)C1. The van der Waals surface area contributed by atoms with Gasteiger partial charge >= 0.3 is 0 Å². The predicted octanol–water partition coefficient (Wildman–Crippen LogP) is -0.0186. The third-order valence-electron chi connectivity index (χ3n) is 3.74. The van der Waals surface area contributed by atoms with E-state index >= 15 is 0 Å². The number of ether oxygens (including phenoxy) is 1. The molecule has 2 rings (SSSR count). The summed E-state index contributed by atoms with van der Waals surface area (Å²) < 4.78 is 5.38. The van der Waals surface area contributed by atoms with E-state index in [0.29, 0.717) is 25.2 Å². The fraction of sp³-hybridized carbons (Fsp3) is 1.00. The molecule has 1 saturated carbocycles. The van der Waals surface area contributed by atoms with Gasteiger partial charge in [0.2, 0.25) is 0 Å². The van der Waals surface area contributed by atoms with Crippen molar-refractivity contribution in [1.29, 1.82) is 0 Å². The molecule has 0 radical (unpaired) electrons. The number of nitrogens with zero attached hydrogens (tertiary/aromatic N) is 1. The zero-order chi connectivity index (χ0) is 10.8. The van der Waals surface area contributed by atoms with Crippen molar-refractivity contribution in [2.24, 2.45) is 0 Å². The lowest BCUT2D eigenvalue weighted by Gasteiger charge is -2.34. The van der Waals surface area contributed by atoms with Crippen molar-refractivity contribution >= 4 is 0 Å². The quantitative estimate of drug-likeness (QED) is 0.680. The van der Waals surface area contributed by atoms with Crippen LogP contribution in [0.3, 0.4) is 0 Å². The monoisotopic (exact) mass is 215 g/mol. The highest BCUT2D eigenvalue weighted by Crippen LogP contribution is 2.27. The normalized spacial score (nSPS) is 43.4. The Morgan fingerprint density at radius 2 is 1.80 bits per heavy atom. The average Bonchev–Trinajstić information content (AvgIpc) is 2.59. The van der Waals surface area contributed by atoms with E-state index in [0.717, 1.165) is 12.8 Å². The summed E-state index contributed by atoms with van der Waals surface area (Å²) in [5, 5.41) is 19.0. The smallest absolute Gasteiger partial charge is 0.0938 e. The van der Waals surface area contributed by atoms with Crippen molar-refractivity contribution in [2.45, 2.75) is 50.0 Å². The minimum absolute atomic E-state index is 0.360. The topological polar surface area (TPSA) is 52.9 Å². The van der Waals surface area contributed by atoms with E-state index in [-0.39, 0.29) is 0 Å². The summed E-state index contributed by atoms with van der Waals surface area (Å²) in [7, 11) is 1.76. The first kappa shape index (κ1) is 11.3. The lowest BCUT2D eigenvalue weighted by Crippen LogP contribution is -2.40. The van der Waals surface area contributed by atoms with Crippen molar-refractivity contribution < 1.29 is 14.9 Å². The Bertz CT molecular complexity index is 202. The molecule has 2 unspecified atom stereocenters. The van der Waals surface area contributed by atoms with Crippen LogP contribution in [0.1, 0.15) is 25.7 Å². The summed E-state index contributed by atoms with van der Waals surface area (Å²) in [6.45, 7) is 1.23. The second-order valence-corrected chi connectivity index (χ2v) is 4.77. The molecular formula is C11H21NO3. The maximum absolute atomic E-state index is 9.50. The van der Waals surface area contributed by atoms with Crippen LogP contribution in [0.5, 0.6) is 0 Å². The van der Waals surface area contributed by atoms with Gasteiger partial charge in [0.15, 0.2) is 0 Å². The van der Waals surface area contributed by atoms with E-state index in [1.165, 1.54) is 12.8 Å². The van der Waals surface area contributed by atoms with Gasteiger partial charge in [-0.1, -0.05) is 0 Å². The van der Waals surface area contributed by atoms with Gasteiger partial charge in [-0.3, -0.25) is 4.90 Å². The van der Waals surface area contributed by atoms with Crippen LogP contribution in [0.15, 0.2) is 0 Å². The van der Waals surface area contributed by atoms with Gasteiger partial charge in [-0.2, -0.15) is 0 Å². The molecule has 0 spiro atoms. The molecule has 2 aliphatic rings. The molecule has 4 heteroatoms. The Labute approximate surface area is 90.8 Å². The first-order valence-electron chi connectivity index (χ1n) is 5.83. The highest BCUT2D eigenvalue weighted by atomic mass is 16.5. The van der Waals surface area contributed by atoms with Crippen LogP contribution in [0, 0.1) is 0 Å². The van der Waals surface area contributed by atoms with Gasteiger partial charge in [-0.05, 0) is 25.7 Å². The summed E-state index contributed by atoms with van der Waals surface area (Å²) in [5.41, 5.74) is 0. The molecule has 0 aromatic carbocycles. The van der Waals surface area contributed by atoms with Gasteiger partial charge in [-0.15, -0.1) is 0 Å². The molecule has 0 amide bonds. The molecule has 4 atom stereocenters. The molecule has 0 aromatic heterocycles. The number of likely N-dealkylation sites (tertiary alicyclic amines) is 1. The molecule has 1 saturated heterocycles. The maximum atomic E-state index is 9.50. The van der Waals surface area contributed by atoms with Crippen molar-refractivity contribution in [2.75, 3.05) is 20.2 Å². The first-order chi connectivity index (χ1) is 7.20. The van der Waals surface area contributed by atoms with E-state index in [9.17, 15) is 10.2 Å². The summed E-state index contributed by atoms with van der Waals surface area (Å²) in [6.07, 6.45) is 3.77. The van der Waals surface area contributed by atoms with Gasteiger partial charge in [0, 0.05) is 26.2 Å². The molecular weight excluding hydrogens is 194 g/mol. The zero-order valence-electron chi connectivity index (χ0n) is 9.30. The molecule has 15 heavy (non-hydrogen) atoms. The van der Waals surface area contributed by atoms with Crippen molar-refractivity contribution in [3.05, 3.63) is 0 Å². The molecule has 2 fully saturated rings.